The number of aryl methyl sites for hydroxylation is 1. The molecule has 1 aliphatic carbocycles. The van der Waals surface area contributed by atoms with Gasteiger partial charge in [0.2, 0.25) is 5.91 Å². The van der Waals surface area contributed by atoms with Crippen LogP contribution in [-0.2, 0) is 4.79 Å². The van der Waals surface area contributed by atoms with Gasteiger partial charge in [0.05, 0.1) is 12.0 Å². The van der Waals surface area contributed by atoms with E-state index in [1.807, 2.05) is 60.1 Å². The molecule has 5 rings (SSSR count). The zero-order valence-corrected chi connectivity index (χ0v) is 18.6. The molecule has 2 aliphatic rings. The third kappa shape index (κ3) is 4.87. The third-order valence-corrected chi connectivity index (χ3v) is 6.12. The monoisotopic (exact) mass is 445 g/mol. The Labute approximate surface area is 192 Å². The summed E-state index contributed by atoms with van der Waals surface area (Å²) < 4.78 is 1.85. The summed E-state index contributed by atoms with van der Waals surface area (Å²) in [5, 5.41) is 18.0. The molecule has 9 heteroatoms. The molecule has 1 aliphatic heterocycles. The van der Waals surface area contributed by atoms with E-state index in [-0.39, 0.29) is 17.9 Å². The molecule has 1 saturated carbocycles. The molecule has 1 saturated heterocycles. The molecule has 2 aromatic carbocycles. The molecule has 2 heterocycles. The Hall–Kier alpha value is -3.75. The van der Waals surface area contributed by atoms with Gasteiger partial charge in [-0.1, -0.05) is 24.3 Å². The summed E-state index contributed by atoms with van der Waals surface area (Å²) in [6.07, 6.45) is 3.71. The minimum absolute atomic E-state index is 0.0815. The van der Waals surface area contributed by atoms with Gasteiger partial charge in [0.1, 0.15) is 0 Å². The van der Waals surface area contributed by atoms with Gasteiger partial charge in [0, 0.05) is 30.0 Å². The van der Waals surface area contributed by atoms with Crippen LogP contribution in [0.25, 0.3) is 11.4 Å². The standard InChI is InChI=1S/C24H27N7O2/c1-16-5-2-8-19(13-16)26-24(33)30-12-4-7-18(15-30)23(32)25-20-9-3-6-17(14-20)22-27-28-29-31(22)21-10-11-21/h2-3,5-6,8-9,13-14,18,21H,4,7,10-12,15H2,1H3,(H,25,32)(H,26,33). The van der Waals surface area contributed by atoms with Gasteiger partial charge in [-0.05, 0) is 72.9 Å². The Morgan fingerprint density at radius 1 is 1.00 bits per heavy atom. The number of rotatable bonds is 5. The fourth-order valence-electron chi connectivity index (χ4n) is 4.23. The maximum atomic E-state index is 13.0. The molecule has 2 N–H and O–H groups in total. The van der Waals surface area contributed by atoms with Crippen LogP contribution in [0.5, 0.6) is 0 Å². The second-order valence-corrected chi connectivity index (χ2v) is 8.83. The fourth-order valence-corrected chi connectivity index (χ4v) is 4.23. The van der Waals surface area contributed by atoms with Gasteiger partial charge in [0.25, 0.3) is 0 Å². The van der Waals surface area contributed by atoms with Crippen molar-refractivity contribution in [2.24, 2.45) is 5.92 Å². The number of aromatic nitrogens is 4. The average Bonchev–Trinajstić information content (AvgIpc) is 3.55. The molecule has 3 amide bonds. The zero-order chi connectivity index (χ0) is 22.8. The van der Waals surface area contributed by atoms with E-state index in [1.54, 1.807) is 4.90 Å². The average molecular weight is 446 g/mol. The number of nitrogens with one attached hydrogen (secondary N) is 2. The lowest BCUT2D eigenvalue weighted by Gasteiger charge is -2.32. The van der Waals surface area contributed by atoms with Crippen LogP contribution in [0.4, 0.5) is 16.2 Å². The van der Waals surface area contributed by atoms with Crippen molar-refractivity contribution in [2.75, 3.05) is 23.7 Å². The van der Waals surface area contributed by atoms with Gasteiger partial charge in [-0.15, -0.1) is 5.10 Å². The first kappa shape index (κ1) is 21.1. The van der Waals surface area contributed by atoms with E-state index in [0.29, 0.717) is 30.6 Å². The van der Waals surface area contributed by atoms with Gasteiger partial charge in [-0.3, -0.25) is 4.79 Å². The number of nitrogens with zero attached hydrogens (tertiary/aromatic N) is 5. The molecular weight excluding hydrogens is 418 g/mol. The van der Waals surface area contributed by atoms with E-state index in [4.69, 9.17) is 0 Å². The molecule has 3 aromatic rings. The number of tetrazole rings is 1. The quantitative estimate of drug-likeness (QED) is 0.620. The van der Waals surface area contributed by atoms with Crippen molar-refractivity contribution in [1.29, 1.82) is 0 Å². The lowest BCUT2D eigenvalue weighted by atomic mass is 9.97. The predicted molar refractivity (Wildman–Crippen MR) is 125 cm³/mol. The van der Waals surface area contributed by atoms with Crippen molar-refractivity contribution in [3.63, 3.8) is 0 Å². The van der Waals surface area contributed by atoms with Gasteiger partial charge in [0.15, 0.2) is 5.82 Å². The summed E-state index contributed by atoms with van der Waals surface area (Å²) in [7, 11) is 0. The lowest BCUT2D eigenvalue weighted by Crippen LogP contribution is -2.45. The highest BCUT2D eigenvalue weighted by Gasteiger charge is 2.30. The Morgan fingerprint density at radius 3 is 2.58 bits per heavy atom. The second-order valence-electron chi connectivity index (χ2n) is 8.83. The maximum Gasteiger partial charge on any atom is 0.321 e. The van der Waals surface area contributed by atoms with E-state index in [9.17, 15) is 9.59 Å². The third-order valence-electron chi connectivity index (χ3n) is 6.12. The summed E-state index contributed by atoms with van der Waals surface area (Å²) in [5.41, 5.74) is 3.41. The molecule has 0 radical (unpaired) electrons. The molecule has 1 unspecified atom stereocenters. The van der Waals surface area contributed by atoms with Crippen molar-refractivity contribution in [1.82, 2.24) is 25.1 Å². The zero-order valence-electron chi connectivity index (χ0n) is 18.6. The fraction of sp³-hybridized carbons (Fsp3) is 0.375. The SMILES string of the molecule is Cc1cccc(NC(=O)N2CCCC(C(=O)Nc3cccc(-c4nnnn4C4CC4)c3)C2)c1. The van der Waals surface area contributed by atoms with E-state index in [2.05, 4.69) is 26.2 Å². The first-order chi connectivity index (χ1) is 16.1. The van der Waals surface area contributed by atoms with Gasteiger partial charge in [-0.2, -0.15) is 0 Å². The normalized spacial score (nSPS) is 18.1. The smallest absolute Gasteiger partial charge is 0.321 e. The highest BCUT2D eigenvalue weighted by molar-refractivity contribution is 5.94. The van der Waals surface area contributed by atoms with Crippen LogP contribution in [0.15, 0.2) is 48.5 Å². The summed E-state index contributed by atoms with van der Waals surface area (Å²) in [6.45, 7) is 3.02. The lowest BCUT2D eigenvalue weighted by molar-refractivity contribution is -0.121. The summed E-state index contributed by atoms with van der Waals surface area (Å²) in [4.78, 5) is 27.5. The Balaban J connectivity index is 1.22. The summed E-state index contributed by atoms with van der Waals surface area (Å²) >= 11 is 0. The minimum atomic E-state index is -0.262. The topological polar surface area (TPSA) is 105 Å². The van der Waals surface area contributed by atoms with E-state index in [0.717, 1.165) is 42.5 Å². The summed E-state index contributed by atoms with van der Waals surface area (Å²) in [6, 6.07) is 15.5. The van der Waals surface area contributed by atoms with Crippen molar-refractivity contribution in [3.05, 3.63) is 54.1 Å². The number of piperidine rings is 1. The van der Waals surface area contributed by atoms with Crippen LogP contribution >= 0.6 is 0 Å². The number of hydrogen-bond acceptors (Lipinski definition) is 5. The molecule has 33 heavy (non-hydrogen) atoms. The number of likely N-dealkylation sites (tertiary alicyclic amines) is 1. The van der Waals surface area contributed by atoms with Crippen molar-refractivity contribution >= 4 is 23.3 Å². The van der Waals surface area contributed by atoms with E-state index in [1.165, 1.54) is 0 Å². The van der Waals surface area contributed by atoms with E-state index >= 15 is 0 Å². The predicted octanol–water partition coefficient (Wildman–Crippen LogP) is 3.87. The second kappa shape index (κ2) is 9.01. The van der Waals surface area contributed by atoms with Crippen LogP contribution in [0.1, 0.15) is 37.3 Å². The van der Waals surface area contributed by atoms with Crippen LogP contribution in [0, 0.1) is 12.8 Å². The maximum absolute atomic E-state index is 13.0. The largest absolute Gasteiger partial charge is 0.326 e. The molecule has 0 spiro atoms. The number of amides is 3. The number of hydrogen-bond donors (Lipinski definition) is 2. The molecular formula is C24H27N7O2. The van der Waals surface area contributed by atoms with Crippen LogP contribution < -0.4 is 10.6 Å². The Bertz CT molecular complexity index is 1170. The highest BCUT2D eigenvalue weighted by atomic mass is 16.2. The first-order valence-corrected chi connectivity index (χ1v) is 11.4. The molecule has 1 atom stereocenters. The molecule has 2 fully saturated rings. The molecule has 1 aromatic heterocycles. The number of carbonyl (C=O) groups is 2. The molecule has 170 valence electrons. The van der Waals surface area contributed by atoms with Crippen molar-refractivity contribution in [2.45, 2.75) is 38.6 Å². The number of carbonyl (C=O) groups excluding carboxylic acids is 2. The van der Waals surface area contributed by atoms with Gasteiger partial charge < -0.3 is 15.5 Å². The van der Waals surface area contributed by atoms with Crippen LogP contribution in [-0.4, -0.2) is 50.1 Å². The van der Waals surface area contributed by atoms with Crippen LogP contribution in [0.2, 0.25) is 0 Å². The van der Waals surface area contributed by atoms with Crippen LogP contribution in [0.3, 0.4) is 0 Å². The minimum Gasteiger partial charge on any atom is -0.326 e. The van der Waals surface area contributed by atoms with Crippen molar-refractivity contribution in [3.8, 4) is 11.4 Å². The number of benzene rings is 2. The Morgan fingerprint density at radius 2 is 1.79 bits per heavy atom. The molecule has 9 nitrogen and oxygen atoms in total. The van der Waals surface area contributed by atoms with Gasteiger partial charge in [-0.25, -0.2) is 9.48 Å². The number of urea groups is 1. The Kier molecular flexibility index (Phi) is 5.77. The first-order valence-electron chi connectivity index (χ1n) is 11.4. The highest BCUT2D eigenvalue weighted by Crippen LogP contribution is 2.36. The molecule has 0 bridgehead atoms. The number of anilines is 2. The summed E-state index contributed by atoms with van der Waals surface area (Å²) in [5.74, 6) is 0.370. The van der Waals surface area contributed by atoms with E-state index < -0.39 is 0 Å². The van der Waals surface area contributed by atoms with Crippen molar-refractivity contribution < 1.29 is 9.59 Å². The van der Waals surface area contributed by atoms with Gasteiger partial charge >= 0.3 is 6.03 Å².